The van der Waals surface area contributed by atoms with Crippen LogP contribution in [-0.4, -0.2) is 62.8 Å². The van der Waals surface area contributed by atoms with E-state index in [0.717, 1.165) is 5.57 Å². The molecule has 1 aliphatic rings. The van der Waals surface area contributed by atoms with E-state index in [0.29, 0.717) is 17.7 Å². The Hall–Kier alpha value is -1.64. The minimum atomic E-state index is -1.50. The highest BCUT2D eigenvalue weighted by molar-refractivity contribution is 5.40. The van der Waals surface area contributed by atoms with Gasteiger partial charge >= 0.3 is 0 Å². The standard InChI is InChI=1S/C17H24O7/c1-9(2)3-4-10-7-11(5-6-12(10)19)23-17-16(22)15(21)14(20)13(8-18)24-17/h3,5-7,13-22H,4,8H2,1-2H3/t13-,14-,15+,16-,17-/m1/s1. The molecule has 0 bridgehead atoms. The predicted octanol–water partition coefficient (Wildman–Crippen LogP) is 0.0796. The van der Waals surface area contributed by atoms with Gasteiger partial charge < -0.3 is 35.0 Å². The summed E-state index contributed by atoms with van der Waals surface area (Å²) in [7, 11) is 0. The molecule has 1 fully saturated rings. The molecule has 5 atom stereocenters. The second kappa shape index (κ2) is 7.96. The summed E-state index contributed by atoms with van der Waals surface area (Å²) in [5.74, 6) is 0.447. The van der Waals surface area contributed by atoms with E-state index >= 15 is 0 Å². The molecule has 1 aliphatic heterocycles. The van der Waals surface area contributed by atoms with Crippen molar-refractivity contribution in [3.05, 3.63) is 35.4 Å². The van der Waals surface area contributed by atoms with Gasteiger partial charge in [0.2, 0.25) is 6.29 Å². The van der Waals surface area contributed by atoms with Crippen LogP contribution in [0.1, 0.15) is 19.4 Å². The highest BCUT2D eigenvalue weighted by Gasteiger charge is 2.44. The van der Waals surface area contributed by atoms with Crippen molar-refractivity contribution in [2.45, 2.75) is 51.0 Å². The lowest BCUT2D eigenvalue weighted by Crippen LogP contribution is -2.60. The van der Waals surface area contributed by atoms with E-state index < -0.39 is 37.3 Å². The van der Waals surface area contributed by atoms with Crippen LogP contribution < -0.4 is 4.74 Å². The van der Waals surface area contributed by atoms with Gasteiger partial charge in [0.25, 0.3) is 0 Å². The Bertz CT molecular complexity index is 580. The Balaban J connectivity index is 2.15. The van der Waals surface area contributed by atoms with Crippen molar-refractivity contribution in [2.24, 2.45) is 0 Å². The van der Waals surface area contributed by atoms with E-state index in [1.165, 1.54) is 12.1 Å². The topological polar surface area (TPSA) is 120 Å². The maximum Gasteiger partial charge on any atom is 0.229 e. The zero-order valence-electron chi connectivity index (χ0n) is 13.7. The van der Waals surface area contributed by atoms with Gasteiger partial charge in [-0.1, -0.05) is 11.6 Å². The summed E-state index contributed by atoms with van der Waals surface area (Å²) in [5.41, 5.74) is 1.74. The number of aliphatic hydroxyl groups excluding tert-OH is 4. The van der Waals surface area contributed by atoms with Gasteiger partial charge in [0, 0.05) is 5.56 Å². The fraction of sp³-hybridized carbons (Fsp3) is 0.529. The molecule has 0 saturated carbocycles. The molecule has 1 aromatic carbocycles. The third-order valence-electron chi connectivity index (χ3n) is 3.88. The monoisotopic (exact) mass is 340 g/mol. The highest BCUT2D eigenvalue weighted by Crippen LogP contribution is 2.28. The van der Waals surface area contributed by atoms with Crippen molar-refractivity contribution in [3.63, 3.8) is 0 Å². The lowest BCUT2D eigenvalue weighted by Gasteiger charge is -2.39. The molecule has 5 N–H and O–H groups in total. The van der Waals surface area contributed by atoms with Crippen LogP contribution in [0.3, 0.4) is 0 Å². The zero-order valence-corrected chi connectivity index (χ0v) is 13.7. The Morgan fingerprint density at radius 2 is 1.88 bits per heavy atom. The zero-order chi connectivity index (χ0) is 17.9. The molecule has 0 amide bonds. The average molecular weight is 340 g/mol. The molecular formula is C17H24O7. The van der Waals surface area contributed by atoms with Crippen LogP contribution in [0, 0.1) is 0 Å². The number of benzene rings is 1. The van der Waals surface area contributed by atoms with E-state index in [2.05, 4.69) is 0 Å². The van der Waals surface area contributed by atoms with Gasteiger partial charge in [-0.2, -0.15) is 0 Å². The van der Waals surface area contributed by atoms with Crippen LogP contribution in [-0.2, 0) is 11.2 Å². The molecule has 134 valence electrons. The van der Waals surface area contributed by atoms with Crippen LogP contribution in [0.25, 0.3) is 0 Å². The number of phenolic OH excluding ortho intramolecular Hbond substituents is 1. The minimum absolute atomic E-state index is 0.119. The molecule has 24 heavy (non-hydrogen) atoms. The maximum absolute atomic E-state index is 9.98. The van der Waals surface area contributed by atoms with Crippen molar-refractivity contribution in [1.29, 1.82) is 0 Å². The van der Waals surface area contributed by atoms with Crippen molar-refractivity contribution in [2.75, 3.05) is 6.61 Å². The first-order chi connectivity index (χ1) is 11.3. The lowest BCUT2D eigenvalue weighted by molar-refractivity contribution is -0.277. The Morgan fingerprint density at radius 1 is 1.17 bits per heavy atom. The molecule has 7 nitrogen and oxygen atoms in total. The van der Waals surface area contributed by atoms with Gasteiger partial charge in [-0.15, -0.1) is 0 Å². The largest absolute Gasteiger partial charge is 0.508 e. The van der Waals surface area contributed by atoms with Gasteiger partial charge in [-0.05, 0) is 38.5 Å². The minimum Gasteiger partial charge on any atom is -0.508 e. The van der Waals surface area contributed by atoms with Crippen LogP contribution in [0.5, 0.6) is 11.5 Å². The fourth-order valence-electron chi connectivity index (χ4n) is 2.41. The van der Waals surface area contributed by atoms with Crippen molar-refractivity contribution >= 4 is 0 Å². The SMILES string of the molecule is CC(C)=CCc1cc(O[C@@H]2O[C@H](CO)[C@@H](O)[C@H](O)[C@H]2O)ccc1O. The first-order valence-corrected chi connectivity index (χ1v) is 7.76. The molecular weight excluding hydrogens is 316 g/mol. The Morgan fingerprint density at radius 3 is 2.50 bits per heavy atom. The third kappa shape index (κ3) is 4.25. The summed E-state index contributed by atoms with van der Waals surface area (Å²) in [6, 6.07) is 4.58. The lowest BCUT2D eigenvalue weighted by atomic mass is 9.99. The molecule has 2 rings (SSSR count). The predicted molar refractivity (Wildman–Crippen MR) is 85.6 cm³/mol. The number of aromatic hydroxyl groups is 1. The van der Waals surface area contributed by atoms with Gasteiger partial charge in [-0.25, -0.2) is 0 Å². The van der Waals surface area contributed by atoms with Crippen molar-refractivity contribution in [3.8, 4) is 11.5 Å². The molecule has 1 saturated heterocycles. The second-order valence-electron chi connectivity index (χ2n) is 6.09. The molecule has 0 aromatic heterocycles. The summed E-state index contributed by atoms with van der Waals surface area (Å²) in [4.78, 5) is 0. The summed E-state index contributed by atoms with van der Waals surface area (Å²) in [6.45, 7) is 3.38. The van der Waals surface area contributed by atoms with E-state index in [9.17, 15) is 25.5 Å². The summed E-state index contributed by atoms with van der Waals surface area (Å²) in [5, 5.41) is 48.6. The highest BCUT2D eigenvalue weighted by atomic mass is 16.7. The van der Waals surface area contributed by atoms with E-state index in [-0.39, 0.29) is 5.75 Å². The van der Waals surface area contributed by atoms with Crippen LogP contribution >= 0.6 is 0 Å². The number of ether oxygens (including phenoxy) is 2. The van der Waals surface area contributed by atoms with Gasteiger partial charge in [0.05, 0.1) is 6.61 Å². The Kier molecular flexibility index (Phi) is 6.20. The number of phenols is 1. The molecule has 0 unspecified atom stereocenters. The quantitative estimate of drug-likeness (QED) is 0.482. The van der Waals surface area contributed by atoms with Crippen LogP contribution in [0.2, 0.25) is 0 Å². The van der Waals surface area contributed by atoms with Crippen LogP contribution in [0.15, 0.2) is 29.8 Å². The van der Waals surface area contributed by atoms with E-state index in [4.69, 9.17) is 9.47 Å². The van der Waals surface area contributed by atoms with Crippen molar-refractivity contribution in [1.82, 2.24) is 0 Å². The van der Waals surface area contributed by atoms with E-state index in [1.807, 2.05) is 19.9 Å². The molecule has 0 spiro atoms. The van der Waals surface area contributed by atoms with Crippen LogP contribution in [0.4, 0.5) is 0 Å². The number of aliphatic hydroxyl groups is 4. The fourth-order valence-corrected chi connectivity index (χ4v) is 2.41. The molecule has 0 aliphatic carbocycles. The molecule has 0 radical (unpaired) electrons. The van der Waals surface area contributed by atoms with Gasteiger partial charge in [0.15, 0.2) is 0 Å². The maximum atomic E-state index is 9.98. The third-order valence-corrected chi connectivity index (χ3v) is 3.88. The van der Waals surface area contributed by atoms with Crippen molar-refractivity contribution < 1.29 is 35.0 Å². The normalized spacial score (nSPS) is 30.0. The Labute approximate surface area is 140 Å². The summed E-state index contributed by atoms with van der Waals surface area (Å²) >= 11 is 0. The molecule has 1 aromatic rings. The second-order valence-corrected chi connectivity index (χ2v) is 6.09. The number of hydrogen-bond acceptors (Lipinski definition) is 7. The first-order valence-electron chi connectivity index (χ1n) is 7.76. The summed E-state index contributed by atoms with van der Waals surface area (Å²) in [6.07, 6.45) is -4.22. The number of hydrogen-bond donors (Lipinski definition) is 5. The van der Waals surface area contributed by atoms with E-state index in [1.54, 1.807) is 6.07 Å². The summed E-state index contributed by atoms with van der Waals surface area (Å²) < 4.78 is 10.8. The number of allylic oxidation sites excluding steroid dienone is 2. The van der Waals surface area contributed by atoms with Gasteiger partial charge in [-0.3, -0.25) is 0 Å². The smallest absolute Gasteiger partial charge is 0.229 e. The first kappa shape index (κ1) is 18.7. The average Bonchev–Trinajstić information content (AvgIpc) is 2.55. The molecule has 7 heteroatoms. The molecule has 1 heterocycles. The van der Waals surface area contributed by atoms with Gasteiger partial charge in [0.1, 0.15) is 35.9 Å². The number of rotatable bonds is 5.